The number of aryl methyl sites for hydroxylation is 2. The largest absolute Gasteiger partial charge is 0.490 e. The molecule has 2 aromatic rings. The molecule has 0 bridgehead atoms. The van der Waals surface area contributed by atoms with Gasteiger partial charge >= 0.3 is 11.8 Å². The summed E-state index contributed by atoms with van der Waals surface area (Å²) < 4.78 is 17.4. The molecule has 1 saturated heterocycles. The van der Waals surface area contributed by atoms with Gasteiger partial charge in [0.2, 0.25) is 0 Å². The Bertz CT molecular complexity index is 1160. The standard InChI is InChI=1S/C26H31BrN4O6/c1-4-35-22-12-18(13-29-31-26(34)25(33)28-14-20-6-5-9-36-20)11-21(27)24(22)37-15-23(32)30-19-8-7-16(2)17(3)10-19/h7-8,10-13,20H,4-6,9,14-15H2,1-3H3,(H,28,33)(H,30,32)(H,31,34)/b29-13-/t20-/m1/s1. The first kappa shape index (κ1) is 28.1. The lowest BCUT2D eigenvalue weighted by Crippen LogP contribution is -2.41. The summed E-state index contributed by atoms with van der Waals surface area (Å²) in [4.78, 5) is 36.3. The van der Waals surface area contributed by atoms with Crippen LogP contribution < -0.4 is 25.5 Å². The topological polar surface area (TPSA) is 127 Å². The van der Waals surface area contributed by atoms with Gasteiger partial charge in [-0.15, -0.1) is 0 Å². The van der Waals surface area contributed by atoms with Crippen molar-refractivity contribution < 1.29 is 28.6 Å². The van der Waals surface area contributed by atoms with E-state index in [0.717, 1.165) is 24.0 Å². The first-order valence-corrected chi connectivity index (χ1v) is 12.7. The second kappa shape index (κ2) is 13.8. The third-order valence-electron chi connectivity index (χ3n) is 5.57. The molecule has 3 amide bonds. The minimum absolute atomic E-state index is 0.0619. The van der Waals surface area contributed by atoms with Crippen molar-refractivity contribution >= 4 is 45.6 Å². The number of carbonyl (C=O) groups excluding carboxylic acids is 3. The van der Waals surface area contributed by atoms with Crippen molar-refractivity contribution in [3.05, 3.63) is 51.5 Å². The zero-order valence-corrected chi connectivity index (χ0v) is 22.6. The molecular weight excluding hydrogens is 544 g/mol. The Hall–Kier alpha value is -3.44. The van der Waals surface area contributed by atoms with Gasteiger partial charge in [-0.2, -0.15) is 5.10 Å². The van der Waals surface area contributed by atoms with E-state index >= 15 is 0 Å². The van der Waals surface area contributed by atoms with Crippen molar-refractivity contribution in [2.75, 3.05) is 31.7 Å². The quantitative estimate of drug-likeness (QED) is 0.227. The number of rotatable bonds is 10. The molecule has 11 heteroatoms. The summed E-state index contributed by atoms with van der Waals surface area (Å²) in [5.41, 5.74) is 5.68. The Morgan fingerprint density at radius 1 is 1.14 bits per heavy atom. The number of nitrogens with zero attached hydrogens (tertiary/aromatic N) is 1. The van der Waals surface area contributed by atoms with E-state index < -0.39 is 11.8 Å². The molecule has 0 radical (unpaired) electrons. The number of hydrogen-bond acceptors (Lipinski definition) is 7. The van der Waals surface area contributed by atoms with Gasteiger partial charge in [-0.3, -0.25) is 14.4 Å². The smallest absolute Gasteiger partial charge is 0.329 e. The summed E-state index contributed by atoms with van der Waals surface area (Å²) in [6.45, 7) is 6.88. The molecule has 0 unspecified atom stereocenters. The van der Waals surface area contributed by atoms with Crippen LogP contribution in [0.15, 0.2) is 39.9 Å². The minimum atomic E-state index is -0.881. The van der Waals surface area contributed by atoms with Crippen LogP contribution in [0.25, 0.3) is 0 Å². The molecule has 37 heavy (non-hydrogen) atoms. The first-order valence-electron chi connectivity index (χ1n) is 12.0. The van der Waals surface area contributed by atoms with Gasteiger partial charge in [-0.25, -0.2) is 5.43 Å². The molecule has 0 saturated carbocycles. The van der Waals surface area contributed by atoms with Crippen molar-refractivity contribution in [1.82, 2.24) is 10.7 Å². The van der Waals surface area contributed by atoms with Crippen LogP contribution in [-0.4, -0.2) is 56.4 Å². The maximum Gasteiger partial charge on any atom is 0.329 e. The summed E-state index contributed by atoms with van der Waals surface area (Å²) in [6, 6.07) is 9.01. The lowest BCUT2D eigenvalue weighted by molar-refractivity contribution is -0.139. The van der Waals surface area contributed by atoms with E-state index in [-0.39, 0.29) is 25.2 Å². The number of carbonyl (C=O) groups is 3. The maximum atomic E-state index is 12.4. The van der Waals surface area contributed by atoms with Gasteiger partial charge in [0.1, 0.15) is 0 Å². The Labute approximate surface area is 224 Å². The van der Waals surface area contributed by atoms with Crippen LogP contribution in [0.1, 0.15) is 36.5 Å². The van der Waals surface area contributed by atoms with Gasteiger partial charge in [0.25, 0.3) is 5.91 Å². The summed E-state index contributed by atoms with van der Waals surface area (Å²) in [5, 5.41) is 9.20. The number of halogens is 1. The zero-order chi connectivity index (χ0) is 26.8. The summed E-state index contributed by atoms with van der Waals surface area (Å²) >= 11 is 3.44. The average Bonchev–Trinajstić information content (AvgIpc) is 3.38. The Kier molecular flexibility index (Phi) is 10.5. The van der Waals surface area contributed by atoms with Crippen LogP contribution in [0.2, 0.25) is 0 Å². The summed E-state index contributed by atoms with van der Waals surface area (Å²) in [5.74, 6) is -1.24. The third-order valence-corrected chi connectivity index (χ3v) is 6.16. The molecule has 1 heterocycles. The SMILES string of the molecule is CCOc1cc(/C=N\NC(=O)C(=O)NC[C@H]2CCCO2)cc(Br)c1OCC(=O)Nc1ccc(C)c(C)c1. The van der Waals surface area contributed by atoms with Crippen molar-refractivity contribution in [2.24, 2.45) is 5.10 Å². The van der Waals surface area contributed by atoms with Crippen molar-refractivity contribution in [3.8, 4) is 11.5 Å². The molecule has 3 rings (SSSR count). The molecule has 0 aromatic heterocycles. The van der Waals surface area contributed by atoms with Gasteiger partial charge in [0, 0.05) is 18.8 Å². The average molecular weight is 575 g/mol. The highest BCUT2D eigenvalue weighted by molar-refractivity contribution is 9.10. The van der Waals surface area contributed by atoms with E-state index in [1.165, 1.54) is 6.21 Å². The number of anilines is 1. The fourth-order valence-electron chi connectivity index (χ4n) is 3.53. The number of amides is 3. The van der Waals surface area contributed by atoms with Crippen LogP contribution >= 0.6 is 15.9 Å². The van der Waals surface area contributed by atoms with Crippen LogP contribution in [0, 0.1) is 13.8 Å². The molecule has 1 atom stereocenters. The van der Waals surface area contributed by atoms with Gasteiger partial charge in [0.15, 0.2) is 18.1 Å². The lowest BCUT2D eigenvalue weighted by atomic mass is 10.1. The normalized spacial score (nSPS) is 14.9. The van der Waals surface area contributed by atoms with Crippen molar-refractivity contribution in [2.45, 2.75) is 39.7 Å². The van der Waals surface area contributed by atoms with E-state index in [0.29, 0.717) is 40.4 Å². The monoisotopic (exact) mass is 574 g/mol. The third kappa shape index (κ3) is 8.57. The molecule has 0 aliphatic carbocycles. The second-order valence-electron chi connectivity index (χ2n) is 8.44. The summed E-state index contributed by atoms with van der Waals surface area (Å²) in [6.07, 6.45) is 3.11. The first-order chi connectivity index (χ1) is 17.8. The predicted molar refractivity (Wildman–Crippen MR) is 143 cm³/mol. The maximum absolute atomic E-state index is 12.4. The fourth-order valence-corrected chi connectivity index (χ4v) is 4.10. The Balaban J connectivity index is 1.57. The Morgan fingerprint density at radius 2 is 1.95 bits per heavy atom. The molecule has 10 nitrogen and oxygen atoms in total. The molecule has 198 valence electrons. The van der Waals surface area contributed by atoms with Gasteiger partial charge in [-0.05, 0) is 90.5 Å². The van der Waals surface area contributed by atoms with Crippen LogP contribution in [0.5, 0.6) is 11.5 Å². The lowest BCUT2D eigenvalue weighted by Gasteiger charge is -2.15. The number of ether oxygens (including phenoxy) is 3. The highest BCUT2D eigenvalue weighted by Crippen LogP contribution is 2.36. The molecule has 1 aliphatic heterocycles. The van der Waals surface area contributed by atoms with Gasteiger partial charge in [-0.1, -0.05) is 6.07 Å². The van der Waals surface area contributed by atoms with Gasteiger partial charge in [0.05, 0.1) is 23.4 Å². The highest BCUT2D eigenvalue weighted by atomic mass is 79.9. The van der Waals surface area contributed by atoms with Crippen molar-refractivity contribution in [1.29, 1.82) is 0 Å². The molecule has 0 spiro atoms. The number of benzene rings is 2. The minimum Gasteiger partial charge on any atom is -0.490 e. The van der Waals surface area contributed by atoms with E-state index in [9.17, 15) is 14.4 Å². The molecule has 1 fully saturated rings. The van der Waals surface area contributed by atoms with E-state index in [1.54, 1.807) is 12.1 Å². The van der Waals surface area contributed by atoms with Gasteiger partial charge < -0.3 is 24.8 Å². The van der Waals surface area contributed by atoms with E-state index in [1.807, 2.05) is 39.0 Å². The van der Waals surface area contributed by atoms with Crippen LogP contribution in [0.3, 0.4) is 0 Å². The Morgan fingerprint density at radius 3 is 2.65 bits per heavy atom. The number of hydrogen-bond donors (Lipinski definition) is 3. The van der Waals surface area contributed by atoms with Crippen molar-refractivity contribution in [3.63, 3.8) is 0 Å². The second-order valence-corrected chi connectivity index (χ2v) is 9.30. The molecular formula is C26H31BrN4O6. The van der Waals surface area contributed by atoms with Crippen LogP contribution in [0.4, 0.5) is 5.69 Å². The number of hydrazone groups is 1. The molecule has 2 aromatic carbocycles. The molecule has 1 aliphatic rings. The molecule has 3 N–H and O–H groups in total. The zero-order valence-electron chi connectivity index (χ0n) is 21.1. The fraction of sp³-hybridized carbons (Fsp3) is 0.385. The number of nitrogens with one attached hydrogen (secondary N) is 3. The van der Waals surface area contributed by atoms with E-state index in [2.05, 4.69) is 37.1 Å². The highest BCUT2D eigenvalue weighted by Gasteiger charge is 2.19. The van der Waals surface area contributed by atoms with E-state index in [4.69, 9.17) is 14.2 Å². The van der Waals surface area contributed by atoms with Crippen LogP contribution in [-0.2, 0) is 19.1 Å². The predicted octanol–water partition coefficient (Wildman–Crippen LogP) is 3.23. The summed E-state index contributed by atoms with van der Waals surface area (Å²) in [7, 11) is 0.